The molecule has 1 aromatic heterocycles. The lowest BCUT2D eigenvalue weighted by Crippen LogP contribution is -2.29. The molecule has 4 aromatic rings. The topological polar surface area (TPSA) is 144 Å². The molecule has 0 aliphatic carbocycles. The molecule has 0 unspecified atom stereocenters. The first kappa shape index (κ1) is 25.0. The molecule has 0 atom stereocenters. The molecule has 0 spiro atoms. The molecule has 0 aliphatic rings. The summed E-state index contributed by atoms with van der Waals surface area (Å²) in [6.45, 7) is 0. The van der Waals surface area contributed by atoms with E-state index in [2.05, 4.69) is 14.6 Å². The van der Waals surface area contributed by atoms with Gasteiger partial charge in [-0.25, -0.2) is 5.48 Å². The predicted octanol–water partition coefficient (Wildman–Crippen LogP) is 4.98. The van der Waals surface area contributed by atoms with Gasteiger partial charge in [0.15, 0.2) is 0 Å². The van der Waals surface area contributed by atoms with E-state index in [9.17, 15) is 8.42 Å². The smallest absolute Gasteiger partial charge is 0.286 e. The summed E-state index contributed by atoms with van der Waals surface area (Å²) in [6, 6.07) is 19.0. The fourth-order valence-corrected chi connectivity index (χ4v) is 5.81. The Balaban J connectivity index is 1.77. The van der Waals surface area contributed by atoms with Crippen molar-refractivity contribution in [3.05, 3.63) is 82.3 Å². The molecule has 4 rings (SSSR count). The highest BCUT2D eigenvalue weighted by Crippen LogP contribution is 2.39. The maximum atomic E-state index is 13.0. The minimum absolute atomic E-state index is 0.00763. The van der Waals surface area contributed by atoms with Gasteiger partial charge in [0.25, 0.3) is 10.0 Å². The van der Waals surface area contributed by atoms with Crippen molar-refractivity contribution >= 4 is 50.9 Å². The zero-order chi connectivity index (χ0) is 25.0. The van der Waals surface area contributed by atoms with Gasteiger partial charge in [-0.2, -0.15) is 8.42 Å². The number of sulfonamides is 1. The van der Waals surface area contributed by atoms with E-state index in [1.54, 1.807) is 24.3 Å². The van der Waals surface area contributed by atoms with E-state index < -0.39 is 16.0 Å². The van der Waals surface area contributed by atoms with E-state index in [4.69, 9.17) is 38.6 Å². The van der Waals surface area contributed by atoms with Crippen LogP contribution in [0.5, 0.6) is 0 Å². The molecule has 3 aromatic carbocycles. The van der Waals surface area contributed by atoms with Crippen molar-refractivity contribution in [3.8, 4) is 22.9 Å². The highest BCUT2D eigenvalue weighted by molar-refractivity contribution is 7.99. The van der Waals surface area contributed by atoms with Crippen molar-refractivity contribution in [2.24, 2.45) is 10.1 Å². The quantitative estimate of drug-likeness (QED) is 0.126. The van der Waals surface area contributed by atoms with Crippen LogP contribution in [0.15, 0.2) is 85.3 Å². The molecule has 4 N–H and O–H groups in total. The largest absolute Gasteiger partial charge is 0.416 e. The number of nitrogens with one attached hydrogen (secondary N) is 1. The SMILES string of the molecule is N/C(=N\S(=O)(=O)c1cc(-c2nnc(-c3ccc(Cl)cc3)o2)c(Cl)cc1SCc1ccccc1)NO. The number of benzene rings is 3. The van der Waals surface area contributed by atoms with Crippen LogP contribution < -0.4 is 11.2 Å². The van der Waals surface area contributed by atoms with Gasteiger partial charge in [0, 0.05) is 21.2 Å². The van der Waals surface area contributed by atoms with Gasteiger partial charge in [-0.3, -0.25) is 5.21 Å². The monoisotopic (exact) mass is 549 g/mol. The molecule has 0 fully saturated rings. The minimum atomic E-state index is -4.35. The number of rotatable bonds is 7. The van der Waals surface area contributed by atoms with E-state index >= 15 is 0 Å². The van der Waals surface area contributed by atoms with Gasteiger partial charge < -0.3 is 10.2 Å². The highest BCUT2D eigenvalue weighted by atomic mass is 35.5. The molecule has 0 bridgehead atoms. The number of hydrogen-bond acceptors (Lipinski definition) is 7. The third-order valence-corrected chi connectivity index (χ3v) is 7.78. The van der Waals surface area contributed by atoms with E-state index in [-0.39, 0.29) is 27.3 Å². The van der Waals surface area contributed by atoms with Crippen LogP contribution in [0.1, 0.15) is 5.56 Å². The number of nitrogens with two attached hydrogens (primary N) is 1. The molecular formula is C22H17Cl2N5O4S2. The van der Waals surface area contributed by atoms with Crippen LogP contribution in [0, 0.1) is 0 Å². The lowest BCUT2D eigenvalue weighted by atomic mass is 10.2. The number of hydrogen-bond donors (Lipinski definition) is 3. The average Bonchev–Trinajstić information content (AvgIpc) is 3.33. The van der Waals surface area contributed by atoms with Crippen molar-refractivity contribution in [1.82, 2.24) is 15.7 Å². The van der Waals surface area contributed by atoms with Gasteiger partial charge in [0.1, 0.15) is 4.90 Å². The molecule has 0 amide bonds. The van der Waals surface area contributed by atoms with Crippen LogP contribution in [0.3, 0.4) is 0 Å². The van der Waals surface area contributed by atoms with Gasteiger partial charge in [-0.1, -0.05) is 53.5 Å². The van der Waals surface area contributed by atoms with Crippen LogP contribution in [-0.4, -0.2) is 29.8 Å². The Morgan fingerprint density at radius 3 is 2.43 bits per heavy atom. The van der Waals surface area contributed by atoms with Gasteiger partial charge >= 0.3 is 0 Å². The first-order valence-electron chi connectivity index (χ1n) is 9.87. The van der Waals surface area contributed by atoms with Crippen molar-refractivity contribution < 1.29 is 18.0 Å². The fourth-order valence-electron chi connectivity index (χ4n) is 2.99. The summed E-state index contributed by atoms with van der Waals surface area (Å²) in [5, 5.41) is 17.7. The fraction of sp³-hybridized carbons (Fsp3) is 0.0455. The second kappa shape index (κ2) is 10.7. The zero-order valence-electron chi connectivity index (χ0n) is 17.7. The normalized spacial score (nSPS) is 12.0. The van der Waals surface area contributed by atoms with Crippen LogP contribution in [0.4, 0.5) is 0 Å². The summed E-state index contributed by atoms with van der Waals surface area (Å²) >= 11 is 13.7. The summed E-state index contributed by atoms with van der Waals surface area (Å²) in [6.07, 6.45) is 0. The summed E-state index contributed by atoms with van der Waals surface area (Å²) in [4.78, 5) is 0.136. The Labute approximate surface area is 215 Å². The Morgan fingerprint density at radius 2 is 1.74 bits per heavy atom. The average molecular weight is 550 g/mol. The van der Waals surface area contributed by atoms with E-state index in [1.165, 1.54) is 29.4 Å². The summed E-state index contributed by atoms with van der Waals surface area (Å²) in [5.74, 6) is -0.0134. The number of aromatic nitrogens is 2. The lowest BCUT2D eigenvalue weighted by Gasteiger charge is -2.11. The molecule has 13 heteroatoms. The van der Waals surface area contributed by atoms with Crippen LogP contribution >= 0.6 is 35.0 Å². The Bertz CT molecular complexity index is 1480. The maximum Gasteiger partial charge on any atom is 0.286 e. The summed E-state index contributed by atoms with van der Waals surface area (Å²) in [7, 11) is -4.35. The van der Waals surface area contributed by atoms with Crippen molar-refractivity contribution in [3.63, 3.8) is 0 Å². The van der Waals surface area contributed by atoms with Gasteiger partial charge in [-0.15, -0.1) is 26.4 Å². The van der Waals surface area contributed by atoms with Gasteiger partial charge in [0.05, 0.1) is 10.6 Å². The summed E-state index contributed by atoms with van der Waals surface area (Å²) < 4.78 is 35.2. The summed E-state index contributed by atoms with van der Waals surface area (Å²) in [5.41, 5.74) is 8.70. The number of thioether (sulfide) groups is 1. The molecule has 1 heterocycles. The number of halogens is 2. The van der Waals surface area contributed by atoms with E-state index in [1.807, 2.05) is 30.3 Å². The van der Waals surface area contributed by atoms with Crippen LogP contribution in [0.2, 0.25) is 10.0 Å². The molecule has 180 valence electrons. The molecule has 0 radical (unpaired) electrons. The molecule has 0 aliphatic heterocycles. The standard InChI is InChI=1S/C22H17Cl2N5O4S2/c23-15-8-6-14(7-9-15)20-26-27-21(33-20)16-10-19(35(31,32)29-22(25)28-30)18(11-17(16)24)34-12-13-4-2-1-3-5-13/h1-11,30H,12H2,(H3,25,28,29). The predicted molar refractivity (Wildman–Crippen MR) is 135 cm³/mol. The highest BCUT2D eigenvalue weighted by Gasteiger charge is 2.24. The van der Waals surface area contributed by atoms with Crippen molar-refractivity contribution in [2.75, 3.05) is 0 Å². The van der Waals surface area contributed by atoms with Gasteiger partial charge in [-0.05, 0) is 42.0 Å². The molecule has 0 saturated carbocycles. The Kier molecular flexibility index (Phi) is 7.63. The van der Waals surface area contributed by atoms with Crippen molar-refractivity contribution in [2.45, 2.75) is 15.5 Å². The maximum absolute atomic E-state index is 13.0. The Morgan fingerprint density at radius 1 is 1.06 bits per heavy atom. The van der Waals surface area contributed by atoms with Crippen LogP contribution in [-0.2, 0) is 15.8 Å². The number of hydroxylamine groups is 1. The molecule has 0 saturated heterocycles. The third-order valence-electron chi connectivity index (χ3n) is 4.63. The molecular weight excluding hydrogens is 533 g/mol. The number of nitrogens with zero attached hydrogens (tertiary/aromatic N) is 3. The van der Waals surface area contributed by atoms with Crippen LogP contribution in [0.25, 0.3) is 22.9 Å². The van der Waals surface area contributed by atoms with E-state index in [0.717, 1.165) is 5.56 Å². The molecule has 9 nitrogen and oxygen atoms in total. The first-order chi connectivity index (χ1) is 16.8. The minimum Gasteiger partial charge on any atom is -0.416 e. The first-order valence-corrected chi connectivity index (χ1v) is 13.1. The van der Waals surface area contributed by atoms with Crippen molar-refractivity contribution in [1.29, 1.82) is 0 Å². The molecule has 35 heavy (non-hydrogen) atoms. The third kappa shape index (κ3) is 5.95. The zero-order valence-corrected chi connectivity index (χ0v) is 20.9. The second-order valence-electron chi connectivity index (χ2n) is 7.04. The lowest BCUT2D eigenvalue weighted by molar-refractivity contribution is 0.233. The number of guanidine groups is 1. The van der Waals surface area contributed by atoms with Gasteiger partial charge in [0.2, 0.25) is 17.7 Å². The second-order valence-corrected chi connectivity index (χ2v) is 10.5. The van der Waals surface area contributed by atoms with E-state index in [0.29, 0.717) is 21.2 Å². The Hall–Kier alpha value is -3.09.